The molecular formula is C8H12N2O2. The van der Waals surface area contributed by atoms with Crippen LogP contribution in [0.5, 0.6) is 0 Å². The third-order valence-corrected chi connectivity index (χ3v) is 1.77. The van der Waals surface area contributed by atoms with Crippen LogP contribution in [0.1, 0.15) is 6.42 Å². The van der Waals surface area contributed by atoms with Crippen molar-refractivity contribution in [2.75, 3.05) is 13.1 Å². The van der Waals surface area contributed by atoms with Gasteiger partial charge in [0.15, 0.2) is 0 Å². The first-order chi connectivity index (χ1) is 5.74. The van der Waals surface area contributed by atoms with E-state index in [2.05, 4.69) is 17.2 Å². The van der Waals surface area contributed by atoms with Crippen molar-refractivity contribution in [1.29, 1.82) is 0 Å². The lowest BCUT2D eigenvalue weighted by Crippen LogP contribution is -2.31. The fraction of sp³-hybridized carbons (Fsp3) is 0.500. The quantitative estimate of drug-likeness (QED) is 0.554. The molecule has 1 atom stereocenters. The van der Waals surface area contributed by atoms with Crippen LogP contribution in [0.4, 0.5) is 0 Å². The molecule has 1 aliphatic rings. The van der Waals surface area contributed by atoms with Crippen molar-refractivity contribution >= 4 is 11.8 Å². The highest BCUT2D eigenvalue weighted by Gasteiger charge is 2.27. The first-order valence-corrected chi connectivity index (χ1v) is 3.89. The van der Waals surface area contributed by atoms with Gasteiger partial charge in [-0.25, -0.2) is 0 Å². The van der Waals surface area contributed by atoms with Crippen molar-refractivity contribution in [1.82, 2.24) is 10.6 Å². The van der Waals surface area contributed by atoms with E-state index in [-0.39, 0.29) is 17.7 Å². The summed E-state index contributed by atoms with van der Waals surface area (Å²) in [4.78, 5) is 21.9. The highest BCUT2D eigenvalue weighted by atomic mass is 16.2. The van der Waals surface area contributed by atoms with Gasteiger partial charge in [-0.15, -0.1) is 6.58 Å². The Balaban J connectivity index is 2.32. The first kappa shape index (κ1) is 8.77. The molecule has 0 radical (unpaired) electrons. The zero-order valence-corrected chi connectivity index (χ0v) is 6.80. The lowest BCUT2D eigenvalue weighted by Gasteiger charge is -2.05. The minimum Gasteiger partial charge on any atom is -0.355 e. The molecule has 2 N–H and O–H groups in total. The summed E-state index contributed by atoms with van der Waals surface area (Å²) in [5, 5.41) is 5.25. The van der Waals surface area contributed by atoms with Crippen LogP contribution in [0.25, 0.3) is 0 Å². The minimum atomic E-state index is -0.197. The summed E-state index contributed by atoms with van der Waals surface area (Å²) in [6, 6.07) is 0. The number of hydrogen-bond acceptors (Lipinski definition) is 2. The molecular weight excluding hydrogens is 156 g/mol. The van der Waals surface area contributed by atoms with Crippen LogP contribution in [0, 0.1) is 5.92 Å². The van der Waals surface area contributed by atoms with E-state index in [0.29, 0.717) is 19.5 Å². The normalized spacial score (nSPS) is 21.7. The fourth-order valence-corrected chi connectivity index (χ4v) is 1.11. The van der Waals surface area contributed by atoms with E-state index in [1.165, 1.54) is 0 Å². The van der Waals surface area contributed by atoms with Gasteiger partial charge in [-0.1, -0.05) is 6.08 Å². The number of hydrogen-bond donors (Lipinski definition) is 2. The summed E-state index contributed by atoms with van der Waals surface area (Å²) < 4.78 is 0. The molecule has 66 valence electrons. The predicted molar refractivity (Wildman–Crippen MR) is 44.3 cm³/mol. The van der Waals surface area contributed by atoms with Crippen LogP contribution in [-0.2, 0) is 9.59 Å². The zero-order chi connectivity index (χ0) is 8.97. The summed E-state index contributed by atoms with van der Waals surface area (Å²) in [6.45, 7) is 4.40. The molecule has 4 nitrogen and oxygen atoms in total. The molecule has 1 unspecified atom stereocenters. The number of rotatable bonds is 3. The Hall–Kier alpha value is -1.32. The van der Waals surface area contributed by atoms with Crippen molar-refractivity contribution in [2.24, 2.45) is 5.92 Å². The van der Waals surface area contributed by atoms with Crippen molar-refractivity contribution in [3.8, 4) is 0 Å². The van der Waals surface area contributed by atoms with Crippen molar-refractivity contribution in [3.05, 3.63) is 12.7 Å². The molecule has 1 heterocycles. The highest BCUT2D eigenvalue weighted by molar-refractivity contribution is 5.89. The van der Waals surface area contributed by atoms with Crippen LogP contribution in [0.2, 0.25) is 0 Å². The largest absolute Gasteiger partial charge is 0.355 e. The minimum absolute atomic E-state index is 0.0475. The molecule has 0 aromatic rings. The Morgan fingerprint density at radius 1 is 1.83 bits per heavy atom. The van der Waals surface area contributed by atoms with Gasteiger partial charge in [-0.2, -0.15) is 0 Å². The highest BCUT2D eigenvalue weighted by Crippen LogP contribution is 2.07. The molecule has 1 rings (SSSR count). The Morgan fingerprint density at radius 3 is 3.08 bits per heavy atom. The first-order valence-electron chi connectivity index (χ1n) is 3.89. The lowest BCUT2D eigenvalue weighted by molar-refractivity contribution is -0.126. The van der Waals surface area contributed by atoms with E-state index in [1.54, 1.807) is 6.08 Å². The van der Waals surface area contributed by atoms with Gasteiger partial charge in [-0.05, 0) is 0 Å². The fourth-order valence-electron chi connectivity index (χ4n) is 1.11. The topological polar surface area (TPSA) is 58.2 Å². The molecule has 0 aliphatic carbocycles. The van der Waals surface area contributed by atoms with Gasteiger partial charge < -0.3 is 10.6 Å². The maximum atomic E-state index is 11.2. The van der Waals surface area contributed by atoms with Gasteiger partial charge in [0, 0.05) is 19.5 Å². The Labute approximate surface area is 71.0 Å². The Kier molecular flexibility index (Phi) is 2.85. The second-order valence-electron chi connectivity index (χ2n) is 2.74. The third kappa shape index (κ3) is 2.08. The summed E-state index contributed by atoms with van der Waals surface area (Å²) in [7, 11) is 0. The molecule has 0 bridgehead atoms. The third-order valence-electron chi connectivity index (χ3n) is 1.77. The molecule has 12 heavy (non-hydrogen) atoms. The molecule has 0 spiro atoms. The summed E-state index contributed by atoms with van der Waals surface area (Å²) in [5.41, 5.74) is 0. The molecule has 4 heteroatoms. The maximum Gasteiger partial charge on any atom is 0.225 e. The molecule has 1 aliphatic heterocycles. The number of carbonyl (C=O) groups is 2. The lowest BCUT2D eigenvalue weighted by atomic mass is 10.1. The van der Waals surface area contributed by atoms with Crippen LogP contribution >= 0.6 is 0 Å². The second-order valence-corrected chi connectivity index (χ2v) is 2.74. The van der Waals surface area contributed by atoms with Crippen molar-refractivity contribution in [2.45, 2.75) is 6.42 Å². The molecule has 2 amide bonds. The van der Waals surface area contributed by atoms with E-state index in [4.69, 9.17) is 0 Å². The van der Waals surface area contributed by atoms with E-state index < -0.39 is 0 Å². The summed E-state index contributed by atoms with van der Waals surface area (Å²) in [5.74, 6) is -0.320. The van der Waals surface area contributed by atoms with Crippen LogP contribution in [0.15, 0.2) is 12.7 Å². The predicted octanol–water partition coefficient (Wildman–Crippen LogP) is -0.575. The summed E-state index contributed by atoms with van der Waals surface area (Å²) >= 11 is 0. The molecule has 1 saturated heterocycles. The number of amides is 2. The molecule has 1 fully saturated rings. The van der Waals surface area contributed by atoms with Crippen LogP contribution < -0.4 is 10.6 Å². The molecule has 0 aromatic carbocycles. The monoisotopic (exact) mass is 168 g/mol. The zero-order valence-electron chi connectivity index (χ0n) is 6.80. The van der Waals surface area contributed by atoms with Gasteiger partial charge in [0.25, 0.3) is 0 Å². The van der Waals surface area contributed by atoms with Crippen molar-refractivity contribution in [3.63, 3.8) is 0 Å². The van der Waals surface area contributed by atoms with Crippen LogP contribution in [0.3, 0.4) is 0 Å². The SMILES string of the molecule is C=CCNC(=O)C1CNC(=O)C1. The summed E-state index contributed by atoms with van der Waals surface area (Å²) in [6.07, 6.45) is 1.92. The van der Waals surface area contributed by atoms with Gasteiger partial charge in [-0.3, -0.25) is 9.59 Å². The number of nitrogens with one attached hydrogen (secondary N) is 2. The molecule has 0 saturated carbocycles. The number of carbonyl (C=O) groups excluding carboxylic acids is 2. The smallest absolute Gasteiger partial charge is 0.225 e. The second kappa shape index (κ2) is 3.90. The Bertz CT molecular complexity index is 213. The van der Waals surface area contributed by atoms with Gasteiger partial charge >= 0.3 is 0 Å². The Morgan fingerprint density at radius 2 is 2.58 bits per heavy atom. The van der Waals surface area contributed by atoms with E-state index in [0.717, 1.165) is 0 Å². The van der Waals surface area contributed by atoms with Gasteiger partial charge in [0.1, 0.15) is 0 Å². The van der Waals surface area contributed by atoms with E-state index in [1.807, 2.05) is 0 Å². The van der Waals surface area contributed by atoms with Crippen molar-refractivity contribution < 1.29 is 9.59 Å². The van der Waals surface area contributed by atoms with Gasteiger partial charge in [0.2, 0.25) is 11.8 Å². The average Bonchev–Trinajstić information content (AvgIpc) is 2.47. The molecule has 0 aromatic heterocycles. The van der Waals surface area contributed by atoms with Crippen LogP contribution in [-0.4, -0.2) is 24.9 Å². The maximum absolute atomic E-state index is 11.2. The van der Waals surface area contributed by atoms with E-state index in [9.17, 15) is 9.59 Å². The van der Waals surface area contributed by atoms with E-state index >= 15 is 0 Å². The standard InChI is InChI=1S/C8H12N2O2/c1-2-3-9-8(12)6-4-7(11)10-5-6/h2,6H,1,3-5H2,(H,9,12)(H,10,11). The van der Waals surface area contributed by atoms with Gasteiger partial charge in [0.05, 0.1) is 5.92 Å². The average molecular weight is 168 g/mol.